The Morgan fingerprint density at radius 2 is 0.846 bits per heavy atom. The molecule has 0 heterocycles. The molecule has 0 radical (unpaired) electrons. The molecule has 0 fully saturated rings. The van der Waals surface area contributed by atoms with Crippen LogP contribution in [0.3, 0.4) is 0 Å². The summed E-state index contributed by atoms with van der Waals surface area (Å²) in [5, 5.41) is 0. The first kappa shape index (κ1) is 12.7. The third-order valence-corrected chi connectivity index (χ3v) is 1.30. The maximum atomic E-state index is 12.3. The second-order valence-corrected chi connectivity index (χ2v) is 2.05. The summed E-state index contributed by atoms with van der Waals surface area (Å²) in [5.41, 5.74) is -1.12. The quantitative estimate of drug-likeness (QED) is 0.177. The largest absolute Gasteiger partial charge is 1.00 e. The van der Waals surface area contributed by atoms with Gasteiger partial charge in [0.25, 0.3) is 0 Å². The van der Waals surface area contributed by atoms with Crippen molar-refractivity contribution >= 4 is 0 Å². The van der Waals surface area contributed by atoms with Crippen molar-refractivity contribution in [3.8, 4) is 0 Å². The Labute approximate surface area is 93.0 Å². The van der Waals surface area contributed by atoms with Crippen LogP contribution in [0.5, 0.6) is 0 Å². The van der Waals surface area contributed by atoms with Gasteiger partial charge in [0.2, 0.25) is 0 Å². The van der Waals surface area contributed by atoms with E-state index in [4.69, 9.17) is 0 Å². The number of benzene rings is 1. The zero-order valence-corrected chi connectivity index (χ0v) is 8.60. The molecule has 0 saturated heterocycles. The van der Waals surface area contributed by atoms with Crippen LogP contribution in [0.15, 0.2) is 0 Å². The molecular weight excluding hydrogens is 202 g/mol. The maximum Gasteiger partial charge on any atom is 1.00 e. The predicted molar refractivity (Wildman–Crippen MR) is 30.7 cm³/mol. The Kier molecular flexibility index (Phi) is 4.22. The van der Waals surface area contributed by atoms with Crippen LogP contribution in [0.1, 0.15) is 5.56 Å². The molecule has 0 unspecified atom stereocenters. The maximum absolute atomic E-state index is 12.3. The van der Waals surface area contributed by atoms with E-state index in [0.717, 1.165) is 0 Å². The molecule has 0 nitrogen and oxygen atoms in total. The van der Waals surface area contributed by atoms with Crippen LogP contribution < -0.4 is 29.6 Å². The van der Waals surface area contributed by atoms with Crippen molar-refractivity contribution in [2.24, 2.45) is 0 Å². The second kappa shape index (κ2) is 4.30. The van der Waals surface area contributed by atoms with Gasteiger partial charge >= 0.3 is 29.6 Å². The Balaban J connectivity index is 0.00000144. The molecule has 1 rings (SSSR count). The first-order chi connectivity index (χ1) is 5.46. The number of hydrogen-bond donors (Lipinski definition) is 0. The van der Waals surface area contributed by atoms with Gasteiger partial charge in [0, 0.05) is 0 Å². The van der Waals surface area contributed by atoms with Crippen molar-refractivity contribution in [3.05, 3.63) is 41.6 Å². The molecule has 0 aliphatic carbocycles. The number of hydrogen-bond acceptors (Lipinski definition) is 0. The van der Waals surface area contributed by atoms with Gasteiger partial charge < -0.3 is 0 Å². The van der Waals surface area contributed by atoms with Crippen molar-refractivity contribution in [2.75, 3.05) is 0 Å². The van der Waals surface area contributed by atoms with E-state index in [-0.39, 0.29) is 29.6 Å². The molecule has 0 aliphatic rings. The van der Waals surface area contributed by atoms with Gasteiger partial charge in [0.15, 0.2) is 5.82 Å². The Morgan fingerprint density at radius 3 is 1.15 bits per heavy atom. The minimum atomic E-state index is -2.17. The monoisotopic (exact) mass is 204 g/mol. The van der Waals surface area contributed by atoms with Crippen LogP contribution in [-0.4, -0.2) is 0 Å². The molecule has 0 N–H and O–H groups in total. The molecule has 0 amide bonds. The van der Waals surface area contributed by atoms with Crippen molar-refractivity contribution in [1.82, 2.24) is 0 Å². The van der Waals surface area contributed by atoms with E-state index < -0.39 is 34.6 Å². The zero-order valence-electron chi connectivity index (χ0n) is 6.60. The van der Waals surface area contributed by atoms with Gasteiger partial charge in [-0.25, -0.2) is 13.2 Å². The van der Waals surface area contributed by atoms with Gasteiger partial charge in [-0.1, -0.05) is 0 Å². The van der Waals surface area contributed by atoms with Crippen molar-refractivity contribution in [2.45, 2.75) is 0 Å². The standard InChI is InChI=1S/C7H2F5.Na/c1-2-3(8)5(10)7(12)6(11)4(2)9;/h1H2;/q-1;+1. The number of rotatable bonds is 0. The van der Waals surface area contributed by atoms with Gasteiger partial charge in [0.1, 0.15) is 11.6 Å². The summed E-state index contributed by atoms with van der Waals surface area (Å²) >= 11 is 0. The van der Waals surface area contributed by atoms with Gasteiger partial charge in [0.05, 0.1) is 11.6 Å². The average Bonchev–Trinajstić information content (AvgIpc) is 2.08. The first-order valence-electron chi connectivity index (χ1n) is 2.80. The van der Waals surface area contributed by atoms with Crippen LogP contribution >= 0.6 is 0 Å². The molecule has 1 aromatic rings. The zero-order chi connectivity index (χ0) is 9.46. The van der Waals surface area contributed by atoms with Crippen molar-refractivity contribution in [3.63, 3.8) is 0 Å². The van der Waals surface area contributed by atoms with E-state index >= 15 is 0 Å². The van der Waals surface area contributed by atoms with Gasteiger partial charge in [-0.05, 0) is 0 Å². The van der Waals surface area contributed by atoms with Crippen LogP contribution in [-0.2, 0) is 0 Å². The molecule has 0 saturated carbocycles. The molecular formula is C7H2F5Na. The summed E-state index contributed by atoms with van der Waals surface area (Å²) in [5.74, 6) is -9.91. The first-order valence-corrected chi connectivity index (χ1v) is 2.80. The van der Waals surface area contributed by atoms with E-state index in [1.165, 1.54) is 0 Å². The summed E-state index contributed by atoms with van der Waals surface area (Å²) < 4.78 is 61.3. The fourth-order valence-electron chi connectivity index (χ4n) is 0.650. The van der Waals surface area contributed by atoms with Crippen molar-refractivity contribution < 1.29 is 51.5 Å². The summed E-state index contributed by atoms with van der Waals surface area (Å²) in [6, 6.07) is 0. The van der Waals surface area contributed by atoms with Gasteiger partial charge in [-0.2, -0.15) is 6.92 Å². The van der Waals surface area contributed by atoms with Crippen LogP contribution in [0.4, 0.5) is 22.0 Å². The van der Waals surface area contributed by atoms with Gasteiger partial charge in [-0.3, -0.25) is 8.78 Å². The van der Waals surface area contributed by atoms with Gasteiger partial charge in [-0.15, -0.1) is 5.56 Å². The van der Waals surface area contributed by atoms with Crippen LogP contribution in [0.25, 0.3) is 0 Å². The van der Waals surface area contributed by atoms with E-state index in [1.54, 1.807) is 0 Å². The molecule has 66 valence electrons. The minimum Gasteiger partial charge on any atom is -0.280 e. The minimum absolute atomic E-state index is 0. The molecule has 0 spiro atoms. The average molecular weight is 204 g/mol. The molecule has 0 bridgehead atoms. The summed E-state index contributed by atoms with van der Waals surface area (Å²) in [7, 11) is 0. The SMILES string of the molecule is [CH2-]c1c(F)c(F)c(F)c(F)c1F.[Na+]. The number of halogens is 5. The van der Waals surface area contributed by atoms with Crippen molar-refractivity contribution in [1.29, 1.82) is 0 Å². The molecule has 0 atom stereocenters. The van der Waals surface area contributed by atoms with Crippen LogP contribution in [0.2, 0.25) is 0 Å². The Morgan fingerprint density at radius 1 is 0.615 bits per heavy atom. The molecule has 0 aliphatic heterocycles. The fourth-order valence-corrected chi connectivity index (χ4v) is 0.650. The predicted octanol–water partition coefficient (Wildman–Crippen LogP) is -0.432. The topological polar surface area (TPSA) is 0 Å². The van der Waals surface area contributed by atoms with E-state index in [1.807, 2.05) is 0 Å². The Bertz CT molecular complexity index is 231. The van der Waals surface area contributed by atoms with E-state index in [9.17, 15) is 22.0 Å². The summed E-state index contributed by atoms with van der Waals surface area (Å²) in [4.78, 5) is 0. The van der Waals surface area contributed by atoms with Crippen LogP contribution in [0, 0.1) is 36.0 Å². The molecule has 0 aromatic heterocycles. The molecule has 1 aromatic carbocycles. The smallest absolute Gasteiger partial charge is 0.280 e. The third kappa shape index (κ3) is 1.98. The van der Waals surface area contributed by atoms with E-state index in [2.05, 4.69) is 6.92 Å². The van der Waals surface area contributed by atoms with E-state index in [0.29, 0.717) is 0 Å². The third-order valence-electron chi connectivity index (χ3n) is 1.30. The summed E-state index contributed by atoms with van der Waals surface area (Å²) in [6.45, 7) is 2.69. The summed E-state index contributed by atoms with van der Waals surface area (Å²) in [6.07, 6.45) is 0. The normalized spacial score (nSPS) is 9.62. The second-order valence-electron chi connectivity index (χ2n) is 2.05. The fraction of sp³-hybridized carbons (Fsp3) is 0. The molecule has 13 heavy (non-hydrogen) atoms. The molecule has 6 heteroatoms. The Hall–Kier alpha value is -0.260.